The van der Waals surface area contributed by atoms with E-state index in [0.717, 1.165) is 0 Å². The Morgan fingerprint density at radius 1 is 1.43 bits per heavy atom. The second kappa shape index (κ2) is 5.75. The fraction of sp³-hybridized carbons (Fsp3) is 1.00. The van der Waals surface area contributed by atoms with Crippen LogP contribution < -0.4 is 11.1 Å². The lowest BCUT2D eigenvalue weighted by Gasteiger charge is -2.29. The maximum Gasteiger partial charge on any atom is 0.401 e. The summed E-state index contributed by atoms with van der Waals surface area (Å²) in [5.74, 6) is 0. The molecule has 0 amide bonds. The molecule has 2 unspecified atom stereocenters. The van der Waals surface area contributed by atoms with Gasteiger partial charge in [-0.15, -0.1) is 12.4 Å². The highest BCUT2D eigenvalue weighted by atomic mass is 35.5. The molecule has 0 aromatic rings. The molecule has 0 aliphatic carbocycles. The lowest BCUT2D eigenvalue weighted by atomic mass is 10.1. The minimum atomic E-state index is -4.18. The Hall–Kier alpha value is -0.0400. The number of halogens is 4. The average molecular weight is 235 g/mol. The van der Waals surface area contributed by atoms with E-state index in [-0.39, 0.29) is 31.1 Å². The molecule has 3 N–H and O–H groups in total. The summed E-state index contributed by atoms with van der Waals surface area (Å²) in [6, 6.07) is -0.619. The van der Waals surface area contributed by atoms with Crippen LogP contribution in [-0.2, 0) is 4.74 Å². The van der Waals surface area contributed by atoms with Crippen LogP contribution in [0.2, 0.25) is 0 Å². The monoisotopic (exact) mass is 234 g/mol. The van der Waals surface area contributed by atoms with Crippen LogP contribution in [0.4, 0.5) is 13.2 Å². The SMILES string of the molecule is Cl.NC1CCOCC1NCC(F)(F)F. The van der Waals surface area contributed by atoms with Crippen molar-refractivity contribution in [3.63, 3.8) is 0 Å². The van der Waals surface area contributed by atoms with Gasteiger partial charge in [0.05, 0.1) is 13.2 Å². The number of hydrogen-bond acceptors (Lipinski definition) is 3. The summed E-state index contributed by atoms with van der Waals surface area (Å²) in [7, 11) is 0. The van der Waals surface area contributed by atoms with E-state index in [0.29, 0.717) is 13.0 Å². The van der Waals surface area contributed by atoms with Gasteiger partial charge < -0.3 is 15.8 Å². The maximum atomic E-state index is 11.8. The van der Waals surface area contributed by atoms with Crippen molar-refractivity contribution in [2.45, 2.75) is 24.7 Å². The Kier molecular flexibility index (Phi) is 5.73. The van der Waals surface area contributed by atoms with Crippen molar-refractivity contribution in [3.05, 3.63) is 0 Å². The van der Waals surface area contributed by atoms with Crippen LogP contribution in [-0.4, -0.2) is 38.0 Å². The Bertz CT molecular complexity index is 168. The molecule has 0 saturated carbocycles. The van der Waals surface area contributed by atoms with Gasteiger partial charge in [-0.3, -0.25) is 0 Å². The maximum absolute atomic E-state index is 11.8. The van der Waals surface area contributed by atoms with E-state index in [1.165, 1.54) is 0 Å². The number of ether oxygens (including phenoxy) is 1. The highest BCUT2D eigenvalue weighted by Gasteiger charge is 2.30. The molecule has 0 radical (unpaired) electrons. The zero-order valence-electron chi connectivity index (χ0n) is 7.51. The van der Waals surface area contributed by atoms with Gasteiger partial charge in [0.15, 0.2) is 0 Å². The van der Waals surface area contributed by atoms with Crippen LogP contribution in [0.25, 0.3) is 0 Å². The fourth-order valence-electron chi connectivity index (χ4n) is 1.21. The first-order chi connectivity index (χ1) is 5.99. The van der Waals surface area contributed by atoms with Crippen molar-refractivity contribution in [2.75, 3.05) is 19.8 Å². The van der Waals surface area contributed by atoms with Crippen molar-refractivity contribution in [1.82, 2.24) is 5.32 Å². The first-order valence-corrected chi connectivity index (χ1v) is 4.12. The third kappa shape index (κ3) is 4.99. The quantitative estimate of drug-likeness (QED) is 0.739. The summed E-state index contributed by atoms with van der Waals surface area (Å²) in [5, 5.41) is 2.34. The number of hydrogen-bond donors (Lipinski definition) is 2. The minimum absolute atomic E-state index is 0. The summed E-state index contributed by atoms with van der Waals surface area (Å²) < 4.78 is 40.4. The third-order valence-corrected chi connectivity index (χ3v) is 1.97. The van der Waals surface area contributed by atoms with E-state index in [2.05, 4.69) is 5.32 Å². The second-order valence-electron chi connectivity index (χ2n) is 3.13. The van der Waals surface area contributed by atoms with Gasteiger partial charge in [0.25, 0.3) is 0 Å². The third-order valence-electron chi connectivity index (χ3n) is 1.97. The molecule has 0 spiro atoms. The largest absolute Gasteiger partial charge is 0.401 e. The molecule has 1 saturated heterocycles. The van der Waals surface area contributed by atoms with Crippen LogP contribution in [0, 0.1) is 0 Å². The van der Waals surface area contributed by atoms with Crippen LogP contribution in [0.15, 0.2) is 0 Å². The average Bonchev–Trinajstić information content (AvgIpc) is 2.01. The first kappa shape index (κ1) is 14.0. The van der Waals surface area contributed by atoms with Crippen LogP contribution in [0.3, 0.4) is 0 Å². The van der Waals surface area contributed by atoms with Crippen molar-refractivity contribution >= 4 is 12.4 Å². The normalized spacial score (nSPS) is 28.3. The Morgan fingerprint density at radius 3 is 2.57 bits per heavy atom. The van der Waals surface area contributed by atoms with E-state index in [1.54, 1.807) is 0 Å². The van der Waals surface area contributed by atoms with Gasteiger partial charge in [-0.1, -0.05) is 0 Å². The summed E-state index contributed by atoms with van der Waals surface area (Å²) in [4.78, 5) is 0. The second-order valence-corrected chi connectivity index (χ2v) is 3.13. The zero-order valence-corrected chi connectivity index (χ0v) is 8.33. The Balaban J connectivity index is 0.00000169. The van der Waals surface area contributed by atoms with E-state index < -0.39 is 12.7 Å². The molecule has 1 aliphatic heterocycles. The van der Waals surface area contributed by atoms with Crippen molar-refractivity contribution in [2.24, 2.45) is 5.73 Å². The van der Waals surface area contributed by atoms with Crippen molar-refractivity contribution in [1.29, 1.82) is 0 Å². The molecule has 0 bridgehead atoms. The molecule has 1 rings (SSSR count). The molecule has 1 fully saturated rings. The van der Waals surface area contributed by atoms with Gasteiger partial charge in [0.2, 0.25) is 0 Å². The molecule has 14 heavy (non-hydrogen) atoms. The number of nitrogens with two attached hydrogens (primary N) is 1. The highest BCUT2D eigenvalue weighted by Crippen LogP contribution is 2.14. The molecule has 0 aromatic heterocycles. The lowest BCUT2D eigenvalue weighted by Crippen LogP contribution is -2.53. The van der Waals surface area contributed by atoms with E-state index in [9.17, 15) is 13.2 Å². The van der Waals surface area contributed by atoms with Crippen LogP contribution in [0.1, 0.15) is 6.42 Å². The molecule has 2 atom stereocenters. The predicted molar refractivity (Wildman–Crippen MR) is 48.5 cm³/mol. The van der Waals surface area contributed by atoms with Crippen LogP contribution >= 0.6 is 12.4 Å². The zero-order chi connectivity index (χ0) is 9.90. The van der Waals surface area contributed by atoms with Gasteiger partial charge in [0, 0.05) is 18.7 Å². The number of rotatable bonds is 2. The van der Waals surface area contributed by atoms with Crippen molar-refractivity contribution in [3.8, 4) is 0 Å². The van der Waals surface area contributed by atoms with Gasteiger partial charge in [-0.2, -0.15) is 13.2 Å². The van der Waals surface area contributed by atoms with Gasteiger partial charge in [0.1, 0.15) is 0 Å². The molecule has 3 nitrogen and oxygen atoms in total. The smallest absolute Gasteiger partial charge is 0.380 e. The first-order valence-electron chi connectivity index (χ1n) is 4.12. The number of nitrogens with one attached hydrogen (secondary N) is 1. The van der Waals surface area contributed by atoms with Crippen molar-refractivity contribution < 1.29 is 17.9 Å². The Morgan fingerprint density at radius 2 is 2.07 bits per heavy atom. The standard InChI is InChI=1S/C7H13F3N2O.ClH/c8-7(9,10)4-12-6-3-13-2-1-5(6)11;/h5-6,12H,1-4,11H2;1H. The molecular weight excluding hydrogens is 221 g/mol. The molecule has 86 valence electrons. The number of alkyl halides is 3. The minimum Gasteiger partial charge on any atom is -0.380 e. The molecule has 7 heteroatoms. The van der Waals surface area contributed by atoms with E-state index in [1.807, 2.05) is 0 Å². The topological polar surface area (TPSA) is 47.3 Å². The Labute approximate surface area is 86.6 Å². The lowest BCUT2D eigenvalue weighted by molar-refractivity contribution is -0.128. The fourth-order valence-corrected chi connectivity index (χ4v) is 1.21. The summed E-state index contributed by atoms with van der Waals surface area (Å²) in [6.07, 6.45) is -3.58. The van der Waals surface area contributed by atoms with Crippen LogP contribution in [0.5, 0.6) is 0 Å². The summed E-state index contributed by atoms with van der Waals surface area (Å²) in [6.45, 7) is -0.211. The molecular formula is C7H14ClF3N2O. The molecule has 1 aliphatic rings. The van der Waals surface area contributed by atoms with Gasteiger partial charge >= 0.3 is 6.18 Å². The molecule has 1 heterocycles. The van der Waals surface area contributed by atoms with E-state index >= 15 is 0 Å². The molecule has 0 aromatic carbocycles. The van der Waals surface area contributed by atoms with Gasteiger partial charge in [-0.05, 0) is 6.42 Å². The predicted octanol–water partition coefficient (Wildman–Crippen LogP) is 0.676. The van der Waals surface area contributed by atoms with Gasteiger partial charge in [-0.25, -0.2) is 0 Å². The van der Waals surface area contributed by atoms with E-state index in [4.69, 9.17) is 10.5 Å². The summed E-state index contributed by atoms with van der Waals surface area (Å²) >= 11 is 0. The highest BCUT2D eigenvalue weighted by molar-refractivity contribution is 5.85. The summed E-state index contributed by atoms with van der Waals surface area (Å²) in [5.41, 5.74) is 5.60.